The summed E-state index contributed by atoms with van der Waals surface area (Å²) in [6.45, 7) is 24.1. The Kier molecular flexibility index (Phi) is 20.8. The minimum atomic E-state index is -1.35. The molecular weight excluding hydrogens is 1070 g/mol. The average molecular weight is 1170 g/mol. The van der Waals surface area contributed by atoms with E-state index in [0.717, 1.165) is 40.9 Å². The molecular formula is C64H92N8O12. The highest BCUT2D eigenvalue weighted by Crippen LogP contribution is 2.38. The number of benzene rings is 3. The van der Waals surface area contributed by atoms with E-state index < -0.39 is 124 Å². The normalized spacial score (nSPS) is 20.3. The van der Waals surface area contributed by atoms with Gasteiger partial charge < -0.3 is 45.4 Å². The Labute approximate surface area is 496 Å². The van der Waals surface area contributed by atoms with E-state index in [2.05, 4.69) is 33.4 Å². The third kappa shape index (κ3) is 16.6. The lowest BCUT2D eigenvalue weighted by atomic mass is 9.83. The number of aliphatic hydroxyl groups excluding tert-OH is 1. The summed E-state index contributed by atoms with van der Waals surface area (Å²) in [5.41, 5.74) is 1.73. The predicted molar refractivity (Wildman–Crippen MR) is 318 cm³/mol. The van der Waals surface area contributed by atoms with Crippen LogP contribution >= 0.6 is 0 Å². The topological polar surface area (TPSA) is 257 Å². The Morgan fingerprint density at radius 3 is 1.71 bits per heavy atom. The summed E-state index contributed by atoms with van der Waals surface area (Å²) in [7, 11) is 2.88. The molecule has 20 nitrogen and oxygen atoms in total. The lowest BCUT2D eigenvalue weighted by Crippen LogP contribution is -2.63. The fourth-order valence-corrected chi connectivity index (χ4v) is 11.0. The number of aliphatic carboxylic acids is 1. The van der Waals surface area contributed by atoms with Crippen LogP contribution in [-0.2, 0) is 64.0 Å². The van der Waals surface area contributed by atoms with Gasteiger partial charge in [0, 0.05) is 45.6 Å². The molecule has 6 N–H and O–H groups in total. The number of likely N-dealkylation sites (tertiary alicyclic amines) is 1. The van der Waals surface area contributed by atoms with Crippen LogP contribution in [0.25, 0.3) is 0 Å². The number of rotatable bonds is 17. The number of nitrogens with one attached hydrogen (secondary N) is 4. The second kappa shape index (κ2) is 26.5. The Balaban J connectivity index is 1.37. The Hall–Kier alpha value is -7.06. The second-order valence-electron chi connectivity index (χ2n) is 27.2. The first-order chi connectivity index (χ1) is 38.9. The smallest absolute Gasteiger partial charge is 0.410 e. The van der Waals surface area contributed by atoms with Gasteiger partial charge in [0.25, 0.3) is 0 Å². The van der Waals surface area contributed by atoms with Crippen molar-refractivity contribution in [3.8, 4) is 0 Å². The number of ether oxygens (including phenoxy) is 2. The number of carbonyl (C=O) groups excluding carboxylic acids is 7. The van der Waals surface area contributed by atoms with Gasteiger partial charge in [-0.1, -0.05) is 114 Å². The molecule has 2 heterocycles. The fraction of sp³-hybridized carbons (Fsp3) is 0.594. The van der Waals surface area contributed by atoms with Crippen LogP contribution in [0.4, 0.5) is 9.59 Å². The van der Waals surface area contributed by atoms with Crippen LogP contribution in [0.1, 0.15) is 162 Å². The van der Waals surface area contributed by atoms with Gasteiger partial charge in [-0.25, -0.2) is 14.4 Å². The number of aliphatic hydroxyl groups is 1. The Morgan fingerprint density at radius 1 is 0.667 bits per heavy atom. The lowest BCUT2D eigenvalue weighted by Gasteiger charge is -2.44. The minimum absolute atomic E-state index is 0.00437. The third-order valence-electron chi connectivity index (χ3n) is 16.1. The molecule has 0 spiro atoms. The van der Waals surface area contributed by atoms with E-state index in [1.54, 1.807) is 104 Å². The number of nitrogens with zero attached hydrogens (tertiary/aromatic N) is 4. The molecule has 1 aliphatic carbocycles. The van der Waals surface area contributed by atoms with Gasteiger partial charge in [-0.15, -0.1) is 0 Å². The molecule has 10 atom stereocenters. The van der Waals surface area contributed by atoms with Crippen LogP contribution in [0, 0.1) is 10.8 Å². The first-order valence-corrected chi connectivity index (χ1v) is 29.3. The van der Waals surface area contributed by atoms with E-state index in [-0.39, 0.29) is 38.4 Å². The summed E-state index contributed by atoms with van der Waals surface area (Å²) in [5, 5.41) is 34.9. The van der Waals surface area contributed by atoms with Crippen LogP contribution in [0.15, 0.2) is 72.8 Å². The molecule has 2 aliphatic heterocycles. The number of likely N-dealkylation sites (N-methyl/N-ethyl adjacent to an activating group) is 2. The van der Waals surface area contributed by atoms with Crippen molar-refractivity contribution in [2.24, 2.45) is 10.8 Å². The summed E-state index contributed by atoms with van der Waals surface area (Å²) >= 11 is 0. The summed E-state index contributed by atoms with van der Waals surface area (Å²) in [5.74, 6) is -4.78. The number of fused-ring (bicyclic) bond motifs is 2. The standard InChI is InChI=1S/C64H92N8O12/c1-37(69(15)59(81)83-63(9,10)11)52(73)67-50(61(3,4)5)56(77)71-35-43-32-41(29-30-42(43)33-48(71)54(75)65-46-28-22-26-40-25-20-21-27-45(40)46)44-34-49(55(76)66-47(58(79)80)31-39-23-18-17-19-24-39)72(36-44)57(78)51(62(6,7)8)68-53(74)38(2)70(16)60(82)84-64(12,13)14/h17-21,23-25,27,29-30,32,37-38,44,46-51,54,65,75H,22,26,28,31,33-36H2,1-16H3,(H,66,76)(H,67,73)(H,68,74)(H,79,80)/t37-,38-,44?,46?,47-,48?,49-,50?,51?,54?/m0/s1. The number of carboxylic acids is 1. The molecule has 1 saturated heterocycles. The third-order valence-corrected chi connectivity index (χ3v) is 16.1. The van der Waals surface area contributed by atoms with E-state index in [0.29, 0.717) is 11.1 Å². The largest absolute Gasteiger partial charge is 0.480 e. The minimum Gasteiger partial charge on any atom is -0.480 e. The summed E-state index contributed by atoms with van der Waals surface area (Å²) < 4.78 is 11.1. The van der Waals surface area contributed by atoms with Crippen LogP contribution in [0.2, 0.25) is 0 Å². The summed E-state index contributed by atoms with van der Waals surface area (Å²) in [6, 6.07) is 14.7. The molecule has 3 aromatic carbocycles. The van der Waals surface area contributed by atoms with Crippen LogP contribution in [-0.4, -0.2) is 158 Å². The molecule has 84 heavy (non-hydrogen) atoms. The molecule has 460 valence electrons. The lowest BCUT2D eigenvalue weighted by molar-refractivity contribution is -0.146. The van der Waals surface area contributed by atoms with Crippen LogP contribution in [0.5, 0.6) is 0 Å². The van der Waals surface area contributed by atoms with Gasteiger partial charge in [0.15, 0.2) is 0 Å². The van der Waals surface area contributed by atoms with Crippen molar-refractivity contribution in [1.82, 2.24) is 40.9 Å². The number of hydrogen-bond donors (Lipinski definition) is 6. The van der Waals surface area contributed by atoms with Gasteiger partial charge in [0.05, 0.1) is 6.04 Å². The molecule has 0 bridgehead atoms. The molecule has 7 amide bonds. The van der Waals surface area contributed by atoms with Gasteiger partial charge in [-0.3, -0.25) is 39.1 Å². The van der Waals surface area contributed by atoms with E-state index in [9.17, 15) is 39.0 Å². The monoisotopic (exact) mass is 1160 g/mol. The Bertz CT molecular complexity index is 2890. The average Bonchev–Trinajstić information content (AvgIpc) is 1.83. The molecule has 20 heteroatoms. The Morgan fingerprint density at radius 2 is 1.19 bits per heavy atom. The quantitative estimate of drug-likeness (QED) is 0.0746. The maximum absolute atomic E-state index is 15.5. The van der Waals surface area contributed by atoms with Gasteiger partial charge in [0.1, 0.15) is 53.7 Å². The number of hydrogen-bond acceptors (Lipinski definition) is 12. The highest BCUT2D eigenvalue weighted by atomic mass is 16.6. The molecule has 0 aromatic heterocycles. The van der Waals surface area contributed by atoms with E-state index in [4.69, 9.17) is 9.47 Å². The van der Waals surface area contributed by atoms with Gasteiger partial charge >= 0.3 is 18.2 Å². The predicted octanol–water partition coefficient (Wildman–Crippen LogP) is 6.99. The first-order valence-electron chi connectivity index (χ1n) is 29.3. The van der Waals surface area contributed by atoms with Crippen LogP contribution < -0.4 is 21.3 Å². The van der Waals surface area contributed by atoms with Crippen LogP contribution in [0.3, 0.4) is 0 Å². The van der Waals surface area contributed by atoms with Crippen molar-refractivity contribution in [2.45, 2.75) is 214 Å². The molecule has 6 unspecified atom stereocenters. The number of carboxylic acid groups (broad SMARTS) is 1. The molecule has 6 rings (SSSR count). The first kappa shape index (κ1) is 66.1. The molecule has 0 radical (unpaired) electrons. The number of carbonyl (C=O) groups is 8. The van der Waals surface area contributed by atoms with Crippen molar-refractivity contribution in [3.05, 3.63) is 106 Å². The SMILES string of the molecule is C[C@@H](C(=O)NC(C(=O)N1Cc2cc(C3C[C@@H](C(=O)N[C@@H](Cc4ccccc4)C(=O)O)N(C(=O)C(NC(=O)[C@H](C)N(C)C(=O)OC(C)(C)C)C(C)(C)C)C3)ccc2CC1C(O)NC1CCCc2ccccc21)C(C)(C)C)N(C)C(=O)OC(C)(C)C. The molecule has 1 fully saturated rings. The van der Waals surface area contributed by atoms with Gasteiger partial charge in [0.2, 0.25) is 29.5 Å². The van der Waals surface area contributed by atoms with Crippen molar-refractivity contribution in [1.29, 1.82) is 0 Å². The van der Waals surface area contributed by atoms with Crippen molar-refractivity contribution in [3.63, 3.8) is 0 Å². The maximum atomic E-state index is 15.5. The highest BCUT2D eigenvalue weighted by molar-refractivity contribution is 5.96. The molecule has 0 saturated carbocycles. The van der Waals surface area contributed by atoms with Gasteiger partial charge in [-0.2, -0.15) is 0 Å². The second-order valence-corrected chi connectivity index (χ2v) is 27.2. The number of aryl methyl sites for hydroxylation is 1. The summed E-state index contributed by atoms with van der Waals surface area (Å²) in [4.78, 5) is 118. The van der Waals surface area contributed by atoms with Gasteiger partial charge in [-0.05, 0) is 132 Å². The van der Waals surface area contributed by atoms with E-state index in [1.165, 1.54) is 36.4 Å². The van der Waals surface area contributed by atoms with Crippen molar-refractivity contribution < 1.29 is 58.0 Å². The van der Waals surface area contributed by atoms with Crippen molar-refractivity contribution in [2.75, 3.05) is 20.6 Å². The zero-order chi connectivity index (χ0) is 62.6. The van der Waals surface area contributed by atoms with Crippen molar-refractivity contribution >= 4 is 47.7 Å². The number of amides is 7. The molecule has 3 aromatic rings. The van der Waals surface area contributed by atoms with E-state index in [1.807, 2.05) is 51.1 Å². The maximum Gasteiger partial charge on any atom is 0.410 e. The zero-order valence-corrected chi connectivity index (χ0v) is 52.1. The molecule has 3 aliphatic rings. The van der Waals surface area contributed by atoms with E-state index >= 15 is 9.59 Å². The fourth-order valence-electron chi connectivity index (χ4n) is 11.0. The zero-order valence-electron chi connectivity index (χ0n) is 52.1. The highest BCUT2D eigenvalue weighted by Gasteiger charge is 2.48. The summed E-state index contributed by atoms with van der Waals surface area (Å²) in [6.07, 6.45) is 0.110.